The van der Waals surface area contributed by atoms with Gasteiger partial charge in [0.15, 0.2) is 0 Å². The van der Waals surface area contributed by atoms with Gasteiger partial charge in [0.1, 0.15) is 11.6 Å². The van der Waals surface area contributed by atoms with Crippen LogP contribution in [0.3, 0.4) is 0 Å². The van der Waals surface area contributed by atoms with E-state index in [0.29, 0.717) is 6.04 Å². The van der Waals surface area contributed by atoms with E-state index in [-0.39, 0.29) is 0 Å². The summed E-state index contributed by atoms with van der Waals surface area (Å²) in [6.07, 6.45) is 5.99. The quantitative estimate of drug-likeness (QED) is 0.749. The van der Waals surface area contributed by atoms with Gasteiger partial charge in [-0.15, -0.1) is 0 Å². The second-order valence-corrected chi connectivity index (χ2v) is 6.97. The number of aromatic nitrogens is 2. The van der Waals surface area contributed by atoms with Gasteiger partial charge in [0.05, 0.1) is 6.61 Å². The van der Waals surface area contributed by atoms with Crippen molar-refractivity contribution in [3.8, 4) is 0 Å². The fourth-order valence-corrected chi connectivity index (χ4v) is 4.05. The molecule has 0 radical (unpaired) electrons. The van der Waals surface area contributed by atoms with Gasteiger partial charge in [0, 0.05) is 50.1 Å². The summed E-state index contributed by atoms with van der Waals surface area (Å²) < 4.78 is 5.55. The summed E-state index contributed by atoms with van der Waals surface area (Å²) in [5.74, 6) is 2.15. The standard InChI is InChI=1S/C19H32N4O/c1-4-16-14-23(11-10-22(16)12-13-24-5-2)19-17-8-6-7-9-18(17)20-15(3)21-19/h16H,4-14H2,1-3H3. The molecular weight excluding hydrogens is 300 g/mol. The maximum absolute atomic E-state index is 5.55. The van der Waals surface area contributed by atoms with E-state index in [2.05, 4.69) is 23.6 Å². The molecule has 0 aromatic carbocycles. The zero-order valence-electron chi connectivity index (χ0n) is 15.6. The van der Waals surface area contributed by atoms with Crippen LogP contribution in [-0.2, 0) is 17.6 Å². The number of hydrogen-bond acceptors (Lipinski definition) is 5. The maximum atomic E-state index is 5.55. The lowest BCUT2D eigenvalue weighted by atomic mass is 9.95. The molecule has 2 aliphatic rings. The highest BCUT2D eigenvalue weighted by atomic mass is 16.5. The fourth-order valence-electron chi connectivity index (χ4n) is 4.05. The molecule has 1 unspecified atom stereocenters. The molecule has 0 bridgehead atoms. The Hall–Kier alpha value is -1.20. The number of anilines is 1. The fraction of sp³-hybridized carbons (Fsp3) is 0.789. The average molecular weight is 332 g/mol. The highest BCUT2D eigenvalue weighted by Gasteiger charge is 2.29. The summed E-state index contributed by atoms with van der Waals surface area (Å²) in [6.45, 7) is 12.3. The Labute approximate surface area is 146 Å². The van der Waals surface area contributed by atoms with Crippen molar-refractivity contribution in [3.63, 3.8) is 0 Å². The third kappa shape index (κ3) is 3.89. The molecule has 0 amide bonds. The zero-order valence-corrected chi connectivity index (χ0v) is 15.6. The van der Waals surface area contributed by atoms with Crippen molar-refractivity contribution in [1.82, 2.24) is 14.9 Å². The molecular formula is C19H32N4O. The van der Waals surface area contributed by atoms with E-state index in [1.807, 2.05) is 6.92 Å². The van der Waals surface area contributed by atoms with Gasteiger partial charge in [-0.25, -0.2) is 9.97 Å². The first kappa shape index (κ1) is 17.6. The number of hydrogen-bond donors (Lipinski definition) is 0. The van der Waals surface area contributed by atoms with Gasteiger partial charge in [-0.2, -0.15) is 0 Å². The van der Waals surface area contributed by atoms with Crippen molar-refractivity contribution in [2.24, 2.45) is 0 Å². The lowest BCUT2D eigenvalue weighted by Crippen LogP contribution is -2.54. The van der Waals surface area contributed by atoms with Crippen LogP contribution < -0.4 is 4.90 Å². The summed E-state index contributed by atoms with van der Waals surface area (Å²) in [7, 11) is 0. The van der Waals surface area contributed by atoms with Crippen molar-refractivity contribution >= 4 is 5.82 Å². The van der Waals surface area contributed by atoms with Gasteiger partial charge in [-0.3, -0.25) is 4.90 Å². The second kappa shape index (κ2) is 8.26. The van der Waals surface area contributed by atoms with Crippen molar-refractivity contribution in [2.75, 3.05) is 44.3 Å². The van der Waals surface area contributed by atoms with Crippen LogP contribution in [0.4, 0.5) is 5.82 Å². The highest BCUT2D eigenvalue weighted by molar-refractivity contribution is 5.51. The molecule has 1 aromatic rings. The van der Waals surface area contributed by atoms with Crippen molar-refractivity contribution < 1.29 is 4.74 Å². The van der Waals surface area contributed by atoms with Gasteiger partial charge >= 0.3 is 0 Å². The van der Waals surface area contributed by atoms with Crippen molar-refractivity contribution in [3.05, 3.63) is 17.1 Å². The second-order valence-electron chi connectivity index (χ2n) is 6.97. The van der Waals surface area contributed by atoms with Gasteiger partial charge in [-0.05, 0) is 46.0 Å². The van der Waals surface area contributed by atoms with Gasteiger partial charge < -0.3 is 9.64 Å². The molecule has 1 atom stereocenters. The Balaban J connectivity index is 1.73. The molecule has 134 valence electrons. The largest absolute Gasteiger partial charge is 0.380 e. The summed E-state index contributed by atoms with van der Waals surface area (Å²) in [5, 5.41) is 0. The van der Waals surface area contributed by atoms with E-state index in [1.165, 1.54) is 36.3 Å². The lowest BCUT2D eigenvalue weighted by molar-refractivity contribution is 0.0868. The maximum Gasteiger partial charge on any atom is 0.135 e. The third-order valence-corrected chi connectivity index (χ3v) is 5.38. The van der Waals surface area contributed by atoms with Crippen LogP contribution in [0.5, 0.6) is 0 Å². The predicted molar refractivity (Wildman–Crippen MR) is 97.8 cm³/mol. The molecule has 5 heteroatoms. The topological polar surface area (TPSA) is 41.5 Å². The smallest absolute Gasteiger partial charge is 0.135 e. The number of nitrogens with zero attached hydrogens (tertiary/aromatic N) is 4. The van der Waals surface area contributed by atoms with Gasteiger partial charge in [-0.1, -0.05) is 6.92 Å². The van der Waals surface area contributed by atoms with Crippen molar-refractivity contribution in [1.29, 1.82) is 0 Å². The molecule has 1 aliphatic heterocycles. The molecule has 1 aliphatic carbocycles. The highest BCUT2D eigenvalue weighted by Crippen LogP contribution is 2.29. The van der Waals surface area contributed by atoms with Gasteiger partial charge in [0.25, 0.3) is 0 Å². The van der Waals surface area contributed by atoms with Crippen molar-refractivity contribution in [2.45, 2.75) is 58.9 Å². The minimum atomic E-state index is 0.591. The molecule has 2 heterocycles. The molecule has 1 fully saturated rings. The number of ether oxygens (including phenoxy) is 1. The Morgan fingerprint density at radius 1 is 1.12 bits per heavy atom. The Bertz CT molecular complexity index is 548. The predicted octanol–water partition coefficient (Wildman–Crippen LogP) is 2.60. The molecule has 3 rings (SSSR count). The van der Waals surface area contributed by atoms with E-state index >= 15 is 0 Å². The van der Waals surface area contributed by atoms with E-state index < -0.39 is 0 Å². The molecule has 24 heavy (non-hydrogen) atoms. The molecule has 0 N–H and O–H groups in total. The monoisotopic (exact) mass is 332 g/mol. The normalized spacial score (nSPS) is 21.8. The van der Waals surface area contributed by atoms with Crippen LogP contribution in [0.1, 0.15) is 50.2 Å². The van der Waals surface area contributed by atoms with Crippen LogP contribution in [0, 0.1) is 6.92 Å². The Morgan fingerprint density at radius 2 is 1.96 bits per heavy atom. The Morgan fingerprint density at radius 3 is 2.75 bits per heavy atom. The minimum Gasteiger partial charge on any atom is -0.380 e. The number of piperazine rings is 1. The molecule has 0 spiro atoms. The van der Waals surface area contributed by atoms with Crippen LogP contribution in [-0.4, -0.2) is 60.3 Å². The van der Waals surface area contributed by atoms with Gasteiger partial charge in [0.2, 0.25) is 0 Å². The van der Waals surface area contributed by atoms with E-state index in [1.54, 1.807) is 0 Å². The minimum absolute atomic E-state index is 0.591. The summed E-state index contributed by atoms with van der Waals surface area (Å²) in [5.41, 5.74) is 2.72. The lowest BCUT2D eigenvalue weighted by Gasteiger charge is -2.42. The first-order valence-electron chi connectivity index (χ1n) is 9.66. The van der Waals surface area contributed by atoms with Crippen LogP contribution >= 0.6 is 0 Å². The van der Waals surface area contributed by atoms with Crippen LogP contribution in [0.2, 0.25) is 0 Å². The summed E-state index contributed by atoms with van der Waals surface area (Å²) >= 11 is 0. The molecule has 1 aromatic heterocycles. The Kier molecular flexibility index (Phi) is 6.06. The first-order valence-corrected chi connectivity index (χ1v) is 9.66. The molecule has 5 nitrogen and oxygen atoms in total. The summed E-state index contributed by atoms with van der Waals surface area (Å²) in [4.78, 5) is 14.7. The van der Waals surface area contributed by atoms with Crippen LogP contribution in [0.25, 0.3) is 0 Å². The van der Waals surface area contributed by atoms with E-state index in [0.717, 1.165) is 58.1 Å². The average Bonchev–Trinajstić information content (AvgIpc) is 2.61. The first-order chi connectivity index (χ1) is 11.7. The SMILES string of the molecule is CCOCCN1CCN(c2nc(C)nc3c2CCCC3)CC1CC. The third-order valence-electron chi connectivity index (χ3n) is 5.38. The zero-order chi connectivity index (χ0) is 16.9. The van der Waals surface area contributed by atoms with E-state index in [9.17, 15) is 0 Å². The number of rotatable bonds is 6. The van der Waals surface area contributed by atoms with Crippen LogP contribution in [0.15, 0.2) is 0 Å². The molecule has 1 saturated heterocycles. The van der Waals surface area contributed by atoms with E-state index in [4.69, 9.17) is 14.7 Å². The molecule has 0 saturated carbocycles. The summed E-state index contributed by atoms with van der Waals surface area (Å²) in [6, 6.07) is 0.591. The number of aryl methyl sites for hydroxylation is 2. The number of fused-ring (bicyclic) bond motifs is 1.